The van der Waals surface area contributed by atoms with Gasteiger partial charge >= 0.3 is 0 Å². The van der Waals surface area contributed by atoms with Gasteiger partial charge in [-0.3, -0.25) is 4.79 Å². The van der Waals surface area contributed by atoms with Gasteiger partial charge in [0.15, 0.2) is 0 Å². The minimum Gasteiger partial charge on any atom is -0.396 e. The average molecular weight is 274 g/mol. The number of rotatable bonds is 6. The van der Waals surface area contributed by atoms with E-state index in [1.807, 2.05) is 20.8 Å². The smallest absolute Gasteiger partial charge is 0.287 e. The van der Waals surface area contributed by atoms with E-state index in [2.05, 4.69) is 10.4 Å². The van der Waals surface area contributed by atoms with Gasteiger partial charge in [-0.05, 0) is 11.8 Å². The van der Waals surface area contributed by atoms with Crippen molar-refractivity contribution in [1.29, 1.82) is 0 Å². The van der Waals surface area contributed by atoms with Gasteiger partial charge in [0.05, 0.1) is 11.9 Å². The lowest BCUT2D eigenvalue weighted by Gasteiger charge is -2.13. The minimum atomic E-state index is -0.285. The molecule has 0 aliphatic rings. The van der Waals surface area contributed by atoms with Gasteiger partial charge in [-0.25, -0.2) is 4.68 Å². The van der Waals surface area contributed by atoms with E-state index in [1.165, 1.54) is 4.68 Å². The van der Waals surface area contributed by atoms with Crippen molar-refractivity contribution in [2.45, 2.75) is 27.3 Å². The molecule has 1 aromatic rings. The van der Waals surface area contributed by atoms with E-state index in [-0.39, 0.29) is 23.1 Å². The molecule has 1 rings (SSSR count). The second-order valence-electron chi connectivity index (χ2n) is 4.92. The molecule has 5 nitrogen and oxygen atoms in total. The van der Waals surface area contributed by atoms with Crippen LogP contribution in [0, 0.1) is 11.8 Å². The van der Waals surface area contributed by atoms with E-state index in [0.717, 1.165) is 0 Å². The summed E-state index contributed by atoms with van der Waals surface area (Å²) in [5, 5.41) is 16.2. The predicted octanol–water partition coefficient (Wildman–Crippen LogP) is 1.59. The summed E-state index contributed by atoms with van der Waals surface area (Å²) in [7, 11) is 0. The van der Waals surface area contributed by atoms with Crippen molar-refractivity contribution >= 4 is 17.3 Å². The highest BCUT2D eigenvalue weighted by molar-refractivity contribution is 6.32. The third-order valence-corrected chi connectivity index (χ3v) is 2.84. The van der Waals surface area contributed by atoms with E-state index >= 15 is 0 Å². The molecule has 0 aliphatic carbocycles. The zero-order valence-electron chi connectivity index (χ0n) is 11.0. The van der Waals surface area contributed by atoms with Gasteiger partial charge in [0.1, 0.15) is 5.02 Å². The number of hydrogen-bond donors (Lipinski definition) is 2. The maximum atomic E-state index is 11.9. The summed E-state index contributed by atoms with van der Waals surface area (Å²) < 4.78 is 1.37. The number of halogens is 1. The first-order chi connectivity index (χ1) is 8.45. The summed E-state index contributed by atoms with van der Waals surface area (Å²) in [5.74, 6) is 0.429. The van der Waals surface area contributed by atoms with E-state index < -0.39 is 0 Å². The van der Waals surface area contributed by atoms with Gasteiger partial charge in [0.2, 0.25) is 0 Å². The van der Waals surface area contributed by atoms with Crippen LogP contribution in [-0.2, 0) is 6.54 Å². The first-order valence-corrected chi connectivity index (χ1v) is 6.43. The van der Waals surface area contributed by atoms with Gasteiger partial charge in [0, 0.05) is 19.7 Å². The lowest BCUT2D eigenvalue weighted by atomic mass is 10.2. The molecule has 0 aliphatic heterocycles. The number of aliphatic hydroxyl groups excluding tert-OH is 1. The largest absolute Gasteiger partial charge is 0.396 e. The SMILES string of the molecule is CC(C)Cn1ncc(NCC(C)CO)c(Cl)c1=O. The lowest BCUT2D eigenvalue weighted by Crippen LogP contribution is -2.27. The van der Waals surface area contributed by atoms with Crippen molar-refractivity contribution in [3.8, 4) is 0 Å². The number of nitrogens with one attached hydrogen (secondary N) is 1. The van der Waals surface area contributed by atoms with Crippen molar-refractivity contribution in [2.24, 2.45) is 11.8 Å². The van der Waals surface area contributed by atoms with Crippen molar-refractivity contribution in [2.75, 3.05) is 18.5 Å². The topological polar surface area (TPSA) is 67.2 Å². The number of aromatic nitrogens is 2. The minimum absolute atomic E-state index is 0.0858. The fourth-order valence-electron chi connectivity index (χ4n) is 1.41. The van der Waals surface area contributed by atoms with Crippen LogP contribution in [0.3, 0.4) is 0 Å². The molecule has 0 saturated heterocycles. The highest BCUT2D eigenvalue weighted by Crippen LogP contribution is 2.15. The molecule has 1 atom stereocenters. The first kappa shape index (κ1) is 15.0. The molecule has 1 aromatic heterocycles. The second-order valence-corrected chi connectivity index (χ2v) is 5.30. The fourth-order valence-corrected chi connectivity index (χ4v) is 1.63. The predicted molar refractivity (Wildman–Crippen MR) is 73.1 cm³/mol. The molecule has 0 saturated carbocycles. The standard InChI is InChI=1S/C12H20ClN3O2/c1-8(2)6-16-12(18)11(13)10(5-15-16)14-4-9(3)7-17/h5,8-9,14,17H,4,6-7H2,1-3H3. The Kier molecular flexibility index (Phi) is 5.62. The van der Waals surface area contributed by atoms with Gasteiger partial charge in [0.25, 0.3) is 5.56 Å². The van der Waals surface area contributed by atoms with E-state index in [4.69, 9.17) is 16.7 Å². The van der Waals surface area contributed by atoms with Gasteiger partial charge in [-0.1, -0.05) is 32.4 Å². The molecule has 0 radical (unpaired) electrons. The Morgan fingerprint density at radius 1 is 1.50 bits per heavy atom. The van der Waals surface area contributed by atoms with E-state index in [9.17, 15) is 4.79 Å². The molecule has 0 amide bonds. The summed E-state index contributed by atoms with van der Waals surface area (Å²) in [6.07, 6.45) is 1.55. The van der Waals surface area contributed by atoms with Crippen molar-refractivity contribution in [3.05, 3.63) is 21.6 Å². The quantitative estimate of drug-likeness (QED) is 0.826. The normalized spacial score (nSPS) is 12.8. The number of nitrogens with zero attached hydrogens (tertiary/aromatic N) is 2. The molecule has 0 fully saturated rings. The van der Waals surface area contributed by atoms with E-state index in [0.29, 0.717) is 24.7 Å². The van der Waals surface area contributed by atoms with Gasteiger partial charge in [-0.2, -0.15) is 5.10 Å². The Bertz CT molecular complexity index is 445. The summed E-state index contributed by atoms with van der Waals surface area (Å²) in [6.45, 7) is 7.10. The van der Waals surface area contributed by atoms with Crippen LogP contribution >= 0.6 is 11.6 Å². The third-order valence-electron chi connectivity index (χ3n) is 2.48. The van der Waals surface area contributed by atoms with Crippen LogP contribution in [0.1, 0.15) is 20.8 Å². The molecule has 0 aromatic carbocycles. The number of anilines is 1. The highest BCUT2D eigenvalue weighted by atomic mass is 35.5. The van der Waals surface area contributed by atoms with Crippen molar-refractivity contribution in [3.63, 3.8) is 0 Å². The van der Waals surface area contributed by atoms with Crippen LogP contribution in [0.15, 0.2) is 11.0 Å². The van der Waals surface area contributed by atoms with Crippen LogP contribution in [-0.4, -0.2) is 28.0 Å². The zero-order valence-corrected chi connectivity index (χ0v) is 11.7. The number of hydrogen-bond acceptors (Lipinski definition) is 4. The first-order valence-electron chi connectivity index (χ1n) is 6.06. The molecular weight excluding hydrogens is 254 g/mol. The van der Waals surface area contributed by atoms with Crippen LogP contribution < -0.4 is 10.9 Å². The maximum absolute atomic E-state index is 11.9. The fraction of sp³-hybridized carbons (Fsp3) is 0.667. The van der Waals surface area contributed by atoms with Crippen molar-refractivity contribution < 1.29 is 5.11 Å². The Morgan fingerprint density at radius 2 is 2.17 bits per heavy atom. The molecule has 102 valence electrons. The van der Waals surface area contributed by atoms with Crippen LogP contribution in [0.2, 0.25) is 5.02 Å². The van der Waals surface area contributed by atoms with E-state index in [1.54, 1.807) is 6.20 Å². The summed E-state index contributed by atoms with van der Waals surface area (Å²) in [4.78, 5) is 11.9. The molecule has 0 bridgehead atoms. The molecule has 0 spiro atoms. The maximum Gasteiger partial charge on any atom is 0.287 e. The molecule has 1 heterocycles. The molecule has 2 N–H and O–H groups in total. The summed E-state index contributed by atoms with van der Waals surface area (Å²) in [5.41, 5.74) is 0.231. The summed E-state index contributed by atoms with van der Waals surface area (Å²) >= 11 is 6.01. The van der Waals surface area contributed by atoms with Crippen LogP contribution in [0.4, 0.5) is 5.69 Å². The Hall–Kier alpha value is -1.07. The van der Waals surface area contributed by atoms with Crippen molar-refractivity contribution in [1.82, 2.24) is 9.78 Å². The molecular formula is C12H20ClN3O2. The monoisotopic (exact) mass is 273 g/mol. The second kappa shape index (κ2) is 6.75. The third kappa shape index (κ3) is 3.99. The average Bonchev–Trinajstić information content (AvgIpc) is 2.33. The van der Waals surface area contributed by atoms with Crippen LogP contribution in [0.25, 0.3) is 0 Å². The summed E-state index contributed by atoms with van der Waals surface area (Å²) in [6, 6.07) is 0. The molecule has 1 unspecified atom stereocenters. The highest BCUT2D eigenvalue weighted by Gasteiger charge is 2.10. The Morgan fingerprint density at radius 3 is 2.72 bits per heavy atom. The van der Waals surface area contributed by atoms with Gasteiger partial charge in [-0.15, -0.1) is 0 Å². The molecule has 6 heteroatoms. The number of aliphatic hydroxyl groups is 1. The van der Waals surface area contributed by atoms with Crippen LogP contribution in [0.5, 0.6) is 0 Å². The Labute approximate surface area is 112 Å². The Balaban J connectivity index is 2.84. The van der Waals surface area contributed by atoms with Gasteiger partial charge < -0.3 is 10.4 Å². The lowest BCUT2D eigenvalue weighted by molar-refractivity contribution is 0.244. The molecule has 18 heavy (non-hydrogen) atoms. The zero-order chi connectivity index (χ0) is 13.7.